The molecule has 1 aromatic rings. The Morgan fingerprint density at radius 1 is 1.00 bits per heavy atom. The van der Waals surface area contributed by atoms with Gasteiger partial charge in [-0.2, -0.15) is 0 Å². The van der Waals surface area contributed by atoms with Crippen LogP contribution in [-0.2, 0) is 28.7 Å². The van der Waals surface area contributed by atoms with Crippen LogP contribution < -0.4 is 16.4 Å². The number of phenols is 1. The second-order valence-electron chi connectivity index (χ2n) is 11.1. The zero-order valence-electron chi connectivity index (χ0n) is 24.5. The highest BCUT2D eigenvalue weighted by atomic mass is 16.6. The summed E-state index contributed by atoms with van der Waals surface area (Å²) in [6.07, 6.45) is 0.0206. The van der Waals surface area contributed by atoms with E-state index in [9.17, 15) is 29.1 Å². The fourth-order valence-corrected chi connectivity index (χ4v) is 3.91. The van der Waals surface area contributed by atoms with E-state index in [0.717, 1.165) is 6.42 Å². The Bertz CT molecular complexity index is 1020. The molecule has 224 valence electrons. The highest BCUT2D eigenvalue weighted by Crippen LogP contribution is 2.29. The summed E-state index contributed by atoms with van der Waals surface area (Å²) in [5.74, 6) is -2.43. The molecule has 0 aliphatic carbocycles. The summed E-state index contributed by atoms with van der Waals surface area (Å²) in [6, 6.07) is 2.71. The Balaban J connectivity index is 3.62. The number of alkyl carbamates (subject to hydrolysis) is 1. The molecule has 3 unspecified atom stereocenters. The number of aromatic hydroxyl groups is 1. The number of benzene rings is 1. The predicted molar refractivity (Wildman–Crippen MR) is 148 cm³/mol. The fraction of sp³-hybridized carbons (Fsp3) is 0.607. The van der Waals surface area contributed by atoms with Gasteiger partial charge in [-0.3, -0.25) is 19.2 Å². The number of hydrogen-bond acceptors (Lipinski definition) is 8. The first-order valence-corrected chi connectivity index (χ1v) is 13.3. The number of esters is 1. The van der Waals surface area contributed by atoms with Gasteiger partial charge in [0.25, 0.3) is 0 Å². The number of nitrogens with one attached hydrogen (secondary N) is 2. The molecule has 0 saturated heterocycles. The van der Waals surface area contributed by atoms with Crippen molar-refractivity contribution in [3.8, 4) is 5.75 Å². The molecular weight excluding hydrogens is 520 g/mol. The maximum absolute atomic E-state index is 14.2. The van der Waals surface area contributed by atoms with E-state index in [-0.39, 0.29) is 18.6 Å². The molecule has 0 aliphatic rings. The molecule has 4 amide bonds. The van der Waals surface area contributed by atoms with E-state index in [0.29, 0.717) is 17.9 Å². The predicted octanol–water partition coefficient (Wildman–Crippen LogP) is 2.53. The van der Waals surface area contributed by atoms with Crippen molar-refractivity contribution < 1.29 is 38.6 Å². The average Bonchev–Trinajstić information content (AvgIpc) is 2.85. The maximum Gasteiger partial charge on any atom is 0.408 e. The van der Waals surface area contributed by atoms with Crippen molar-refractivity contribution in [3.05, 3.63) is 29.8 Å². The second kappa shape index (κ2) is 15.7. The number of phenolic OH excluding ortho intramolecular Hbond substituents is 1. The number of methoxy groups -OCH3 is 1. The monoisotopic (exact) mass is 564 g/mol. The molecule has 0 heterocycles. The summed E-state index contributed by atoms with van der Waals surface area (Å²) in [6.45, 7) is 10.4. The zero-order chi connectivity index (χ0) is 30.6. The minimum absolute atomic E-state index is 0.0471. The summed E-state index contributed by atoms with van der Waals surface area (Å²) >= 11 is 0. The first-order chi connectivity index (χ1) is 18.5. The van der Waals surface area contributed by atoms with Crippen molar-refractivity contribution >= 4 is 29.8 Å². The number of ether oxygens (including phenoxy) is 2. The van der Waals surface area contributed by atoms with Gasteiger partial charge >= 0.3 is 12.1 Å². The van der Waals surface area contributed by atoms with Gasteiger partial charge in [0.2, 0.25) is 17.7 Å². The van der Waals surface area contributed by atoms with Crippen molar-refractivity contribution in [1.29, 1.82) is 0 Å². The molecular formula is C28H44N4O8. The Kier molecular flexibility index (Phi) is 13.4. The van der Waals surface area contributed by atoms with Gasteiger partial charge in [0.05, 0.1) is 7.11 Å². The normalized spacial score (nSPS) is 13.5. The van der Waals surface area contributed by atoms with Crippen LogP contribution in [0, 0.1) is 5.92 Å². The van der Waals surface area contributed by atoms with Crippen LogP contribution in [0.25, 0.3) is 0 Å². The minimum Gasteiger partial charge on any atom is -0.508 e. The number of nitrogens with two attached hydrogens (primary N) is 1. The number of rotatable bonds is 14. The molecule has 40 heavy (non-hydrogen) atoms. The number of nitrogens with zero attached hydrogens (tertiary/aromatic N) is 1. The number of carbonyl (C=O) groups is 5. The molecule has 0 saturated carbocycles. The largest absolute Gasteiger partial charge is 0.508 e. The smallest absolute Gasteiger partial charge is 0.408 e. The number of hydrogen-bond donors (Lipinski definition) is 4. The number of carbonyl (C=O) groups excluding carboxylic acids is 5. The lowest BCUT2D eigenvalue weighted by molar-refractivity contribution is -0.146. The van der Waals surface area contributed by atoms with Crippen LogP contribution >= 0.6 is 0 Å². The van der Waals surface area contributed by atoms with E-state index in [1.54, 1.807) is 27.7 Å². The Hall–Kier alpha value is -3.83. The van der Waals surface area contributed by atoms with Gasteiger partial charge < -0.3 is 35.8 Å². The van der Waals surface area contributed by atoms with E-state index in [1.807, 2.05) is 13.8 Å². The van der Waals surface area contributed by atoms with Gasteiger partial charge in [-0.1, -0.05) is 26.0 Å². The van der Waals surface area contributed by atoms with Gasteiger partial charge in [-0.05, 0) is 70.6 Å². The average molecular weight is 565 g/mol. The third kappa shape index (κ3) is 11.9. The van der Waals surface area contributed by atoms with E-state index in [4.69, 9.17) is 10.5 Å². The molecule has 3 atom stereocenters. The molecule has 5 N–H and O–H groups in total. The highest BCUT2D eigenvalue weighted by molar-refractivity contribution is 5.93. The van der Waals surface area contributed by atoms with Crippen molar-refractivity contribution in [1.82, 2.24) is 15.5 Å². The van der Waals surface area contributed by atoms with Crippen LogP contribution in [0.15, 0.2) is 24.3 Å². The van der Waals surface area contributed by atoms with Crippen LogP contribution in [0.5, 0.6) is 5.75 Å². The number of primary amides is 1. The summed E-state index contributed by atoms with van der Waals surface area (Å²) < 4.78 is 9.96. The highest BCUT2D eigenvalue weighted by Gasteiger charge is 2.39. The topological polar surface area (TPSA) is 177 Å². The Morgan fingerprint density at radius 3 is 2.10 bits per heavy atom. The first-order valence-electron chi connectivity index (χ1n) is 13.3. The molecule has 1 rings (SSSR count). The van der Waals surface area contributed by atoms with Crippen molar-refractivity contribution in [3.63, 3.8) is 0 Å². The lowest BCUT2D eigenvalue weighted by Crippen LogP contribution is -2.56. The SMILES string of the molecule is COC(=O)CNC(=O)C(c1ccc(O)cc1)N(C(=O)C(CCC(N)=O)NC(=O)OC(C)(C)C)C(C)CCC(C)C. The van der Waals surface area contributed by atoms with Gasteiger partial charge in [-0.15, -0.1) is 0 Å². The molecule has 0 aliphatic heterocycles. The molecule has 0 bridgehead atoms. The third-order valence-corrected chi connectivity index (χ3v) is 5.93. The summed E-state index contributed by atoms with van der Waals surface area (Å²) in [4.78, 5) is 65.2. The van der Waals surface area contributed by atoms with Crippen LogP contribution in [0.3, 0.4) is 0 Å². The molecule has 1 aromatic carbocycles. The molecule has 12 nitrogen and oxygen atoms in total. The molecule has 12 heteroatoms. The second-order valence-corrected chi connectivity index (χ2v) is 11.1. The lowest BCUT2D eigenvalue weighted by Gasteiger charge is -2.38. The lowest BCUT2D eigenvalue weighted by atomic mass is 9.96. The third-order valence-electron chi connectivity index (χ3n) is 5.93. The van der Waals surface area contributed by atoms with E-state index >= 15 is 0 Å². The van der Waals surface area contributed by atoms with Crippen molar-refractivity contribution in [2.24, 2.45) is 11.7 Å². The standard InChI is InChI=1S/C28H44N4O8/c1-17(2)8-9-18(3)32(26(37)21(14-15-22(29)34)31-27(38)40-28(4,5)6)24(19-10-12-20(33)13-11-19)25(36)30-16-23(35)39-7/h10-13,17-18,21,24,33H,8-9,14-16H2,1-7H3,(H2,29,34)(H,30,36)(H,31,38). The summed E-state index contributed by atoms with van der Waals surface area (Å²) in [5, 5.41) is 14.9. The first kappa shape index (κ1) is 34.2. The summed E-state index contributed by atoms with van der Waals surface area (Å²) in [5.41, 5.74) is 4.85. The molecule has 0 fully saturated rings. The van der Waals surface area contributed by atoms with Crippen LogP contribution in [0.2, 0.25) is 0 Å². The van der Waals surface area contributed by atoms with Crippen LogP contribution in [-0.4, -0.2) is 71.1 Å². The van der Waals surface area contributed by atoms with Crippen molar-refractivity contribution in [2.75, 3.05) is 13.7 Å². The quantitative estimate of drug-likeness (QED) is 0.249. The minimum atomic E-state index is -1.25. The van der Waals surface area contributed by atoms with Crippen LogP contribution in [0.1, 0.15) is 78.8 Å². The Morgan fingerprint density at radius 2 is 1.60 bits per heavy atom. The molecule has 0 radical (unpaired) electrons. The molecule has 0 aromatic heterocycles. The zero-order valence-corrected chi connectivity index (χ0v) is 24.5. The van der Waals surface area contributed by atoms with Gasteiger partial charge in [0.1, 0.15) is 30.0 Å². The van der Waals surface area contributed by atoms with Crippen LogP contribution in [0.4, 0.5) is 4.79 Å². The van der Waals surface area contributed by atoms with Crippen molar-refractivity contribution in [2.45, 2.75) is 91.0 Å². The number of amides is 4. The van der Waals surface area contributed by atoms with E-state index in [1.165, 1.54) is 36.3 Å². The van der Waals surface area contributed by atoms with Gasteiger partial charge in [0.15, 0.2) is 0 Å². The fourth-order valence-electron chi connectivity index (χ4n) is 3.91. The van der Waals surface area contributed by atoms with E-state index in [2.05, 4.69) is 15.4 Å². The Labute approximate surface area is 235 Å². The van der Waals surface area contributed by atoms with Gasteiger partial charge in [-0.25, -0.2) is 4.79 Å². The maximum atomic E-state index is 14.2. The van der Waals surface area contributed by atoms with Gasteiger partial charge in [0, 0.05) is 12.5 Å². The molecule has 0 spiro atoms. The summed E-state index contributed by atoms with van der Waals surface area (Å²) in [7, 11) is 1.18. The van der Waals surface area contributed by atoms with E-state index < -0.39 is 60.1 Å².